The van der Waals surface area contributed by atoms with E-state index in [1.165, 1.54) is 12.1 Å². The number of rotatable bonds is 4. The third-order valence-corrected chi connectivity index (χ3v) is 3.73. The lowest BCUT2D eigenvalue weighted by Crippen LogP contribution is -2.25. The molecule has 1 aromatic carbocycles. The molecule has 7 heteroatoms. The van der Waals surface area contributed by atoms with Gasteiger partial charge in [0.15, 0.2) is 0 Å². The number of carbonyl (C=O) groups is 1. The summed E-state index contributed by atoms with van der Waals surface area (Å²) in [4.78, 5) is 20.4. The normalized spacial score (nSPS) is 11.2. The van der Waals surface area contributed by atoms with E-state index in [-0.39, 0.29) is 6.54 Å². The molecule has 2 heterocycles. The molecule has 2 aromatic heterocycles. The van der Waals surface area contributed by atoms with Crippen molar-refractivity contribution in [2.45, 2.75) is 12.7 Å². The van der Waals surface area contributed by atoms with E-state index in [2.05, 4.69) is 15.3 Å². The monoisotopic (exact) mass is 357 g/mol. The molecule has 1 amide bonds. The van der Waals surface area contributed by atoms with Gasteiger partial charge in [-0.15, -0.1) is 0 Å². The molecule has 0 aliphatic carbocycles. The number of nitrogens with zero attached hydrogens (tertiary/aromatic N) is 2. The molecule has 132 valence electrons. The Morgan fingerprint density at radius 1 is 1.00 bits per heavy atom. The molecule has 3 aromatic rings. The number of aromatic nitrogens is 2. The van der Waals surface area contributed by atoms with Crippen LogP contribution in [0.2, 0.25) is 0 Å². The van der Waals surface area contributed by atoms with E-state index in [1.807, 2.05) is 0 Å². The van der Waals surface area contributed by atoms with Gasteiger partial charge in [0.05, 0.1) is 16.8 Å². The Morgan fingerprint density at radius 2 is 1.73 bits per heavy atom. The molecule has 0 atom stereocenters. The SMILES string of the molecule is O=C(NCc1ccnc(-c2ccncc2)c1)c1ccccc1C(F)(F)F. The molecule has 3 rings (SSSR count). The van der Waals surface area contributed by atoms with E-state index in [9.17, 15) is 18.0 Å². The summed E-state index contributed by atoms with van der Waals surface area (Å²) in [6, 6.07) is 11.8. The van der Waals surface area contributed by atoms with Gasteiger partial charge in [0, 0.05) is 30.7 Å². The van der Waals surface area contributed by atoms with Crippen molar-refractivity contribution in [3.05, 3.63) is 83.8 Å². The standard InChI is InChI=1S/C19H14F3N3O/c20-19(21,22)16-4-2-1-3-15(16)18(26)25-12-13-5-10-24-17(11-13)14-6-8-23-9-7-14/h1-11H,12H2,(H,25,26). The van der Waals surface area contributed by atoms with Gasteiger partial charge in [-0.2, -0.15) is 13.2 Å². The number of alkyl halides is 3. The zero-order valence-electron chi connectivity index (χ0n) is 13.5. The number of carbonyl (C=O) groups excluding carboxylic acids is 1. The van der Waals surface area contributed by atoms with E-state index in [0.717, 1.165) is 23.3 Å². The summed E-state index contributed by atoms with van der Waals surface area (Å²) >= 11 is 0. The van der Waals surface area contributed by atoms with Crippen LogP contribution in [0.25, 0.3) is 11.3 Å². The molecule has 26 heavy (non-hydrogen) atoms. The van der Waals surface area contributed by atoms with Crippen molar-refractivity contribution in [1.82, 2.24) is 15.3 Å². The van der Waals surface area contributed by atoms with E-state index in [1.54, 1.807) is 42.9 Å². The van der Waals surface area contributed by atoms with Crippen molar-refractivity contribution < 1.29 is 18.0 Å². The molecule has 0 bridgehead atoms. The van der Waals surface area contributed by atoms with Gasteiger partial charge in [0.25, 0.3) is 5.91 Å². The summed E-state index contributed by atoms with van der Waals surface area (Å²) in [6.45, 7) is 0.0889. The maximum atomic E-state index is 13.0. The Hall–Kier alpha value is -3.22. The quantitative estimate of drug-likeness (QED) is 0.765. The smallest absolute Gasteiger partial charge is 0.348 e. The number of halogens is 3. The third kappa shape index (κ3) is 4.05. The molecular formula is C19H14F3N3O. The highest BCUT2D eigenvalue weighted by molar-refractivity contribution is 5.95. The van der Waals surface area contributed by atoms with Crippen LogP contribution in [-0.2, 0) is 12.7 Å². The van der Waals surface area contributed by atoms with Crippen LogP contribution in [0.15, 0.2) is 67.1 Å². The lowest BCUT2D eigenvalue weighted by molar-refractivity contribution is -0.137. The fourth-order valence-corrected chi connectivity index (χ4v) is 2.47. The Bertz CT molecular complexity index is 911. The van der Waals surface area contributed by atoms with Crippen molar-refractivity contribution in [2.24, 2.45) is 0 Å². The van der Waals surface area contributed by atoms with Gasteiger partial charge in [-0.3, -0.25) is 14.8 Å². The first-order valence-electron chi connectivity index (χ1n) is 7.75. The average molecular weight is 357 g/mol. The second-order valence-corrected chi connectivity index (χ2v) is 5.51. The van der Waals surface area contributed by atoms with E-state index in [0.29, 0.717) is 5.69 Å². The molecule has 0 saturated carbocycles. The first kappa shape index (κ1) is 17.6. The summed E-state index contributed by atoms with van der Waals surface area (Å²) in [5.74, 6) is -0.778. The van der Waals surface area contributed by atoms with Gasteiger partial charge >= 0.3 is 6.18 Å². The lowest BCUT2D eigenvalue weighted by atomic mass is 10.1. The van der Waals surface area contributed by atoms with Gasteiger partial charge in [0.2, 0.25) is 0 Å². The Morgan fingerprint density at radius 3 is 2.46 bits per heavy atom. The van der Waals surface area contributed by atoms with Gasteiger partial charge in [0.1, 0.15) is 0 Å². The first-order chi connectivity index (χ1) is 12.4. The summed E-state index contributed by atoms with van der Waals surface area (Å²) in [6.07, 6.45) is 0.277. The van der Waals surface area contributed by atoms with Crippen molar-refractivity contribution in [2.75, 3.05) is 0 Å². The van der Waals surface area contributed by atoms with Crippen LogP contribution in [0.5, 0.6) is 0 Å². The van der Waals surface area contributed by atoms with E-state index < -0.39 is 23.2 Å². The first-order valence-corrected chi connectivity index (χ1v) is 7.75. The van der Waals surface area contributed by atoms with Crippen molar-refractivity contribution >= 4 is 5.91 Å². The van der Waals surface area contributed by atoms with Crippen molar-refractivity contribution in [3.63, 3.8) is 0 Å². The second-order valence-electron chi connectivity index (χ2n) is 5.51. The Kier molecular flexibility index (Phi) is 4.97. The number of hydrogen-bond donors (Lipinski definition) is 1. The predicted octanol–water partition coefficient (Wildman–Crippen LogP) is 4.09. The highest BCUT2D eigenvalue weighted by atomic mass is 19.4. The number of pyridine rings is 2. The molecule has 0 spiro atoms. The van der Waals surface area contributed by atoms with Crippen LogP contribution in [-0.4, -0.2) is 15.9 Å². The number of nitrogens with one attached hydrogen (secondary N) is 1. The summed E-state index contributed by atoms with van der Waals surface area (Å²) in [5.41, 5.74) is 0.920. The zero-order chi connectivity index (χ0) is 18.6. The van der Waals surface area contributed by atoms with Crippen molar-refractivity contribution in [3.8, 4) is 11.3 Å². The van der Waals surface area contributed by atoms with Crippen molar-refractivity contribution in [1.29, 1.82) is 0 Å². The minimum absolute atomic E-state index is 0.0889. The van der Waals surface area contributed by atoms with Gasteiger partial charge in [-0.1, -0.05) is 12.1 Å². The van der Waals surface area contributed by atoms with Gasteiger partial charge in [-0.25, -0.2) is 0 Å². The number of hydrogen-bond acceptors (Lipinski definition) is 3. The molecule has 0 aliphatic rings. The highest BCUT2D eigenvalue weighted by Crippen LogP contribution is 2.31. The average Bonchev–Trinajstić information content (AvgIpc) is 2.66. The molecule has 0 unspecified atom stereocenters. The summed E-state index contributed by atoms with van der Waals surface area (Å²) in [7, 11) is 0. The molecule has 0 saturated heterocycles. The third-order valence-electron chi connectivity index (χ3n) is 3.73. The minimum atomic E-state index is -4.58. The van der Waals surface area contributed by atoms with E-state index in [4.69, 9.17) is 0 Å². The maximum Gasteiger partial charge on any atom is 0.417 e. The maximum absolute atomic E-state index is 13.0. The van der Waals surface area contributed by atoms with Crippen LogP contribution < -0.4 is 5.32 Å². The Balaban J connectivity index is 1.75. The van der Waals surface area contributed by atoms with Crippen LogP contribution >= 0.6 is 0 Å². The predicted molar refractivity (Wildman–Crippen MR) is 90.1 cm³/mol. The molecule has 1 N–H and O–H groups in total. The number of amides is 1. The zero-order valence-corrected chi connectivity index (χ0v) is 13.5. The molecular weight excluding hydrogens is 343 g/mol. The molecule has 0 radical (unpaired) electrons. The molecule has 0 aliphatic heterocycles. The summed E-state index contributed by atoms with van der Waals surface area (Å²) < 4.78 is 39.1. The summed E-state index contributed by atoms with van der Waals surface area (Å²) in [5, 5.41) is 2.53. The number of benzene rings is 1. The minimum Gasteiger partial charge on any atom is -0.348 e. The van der Waals surface area contributed by atoms with Crippen LogP contribution in [0, 0.1) is 0 Å². The van der Waals surface area contributed by atoms with Crippen LogP contribution in [0.1, 0.15) is 21.5 Å². The highest BCUT2D eigenvalue weighted by Gasteiger charge is 2.34. The van der Waals surface area contributed by atoms with Crippen LogP contribution in [0.3, 0.4) is 0 Å². The molecule has 0 fully saturated rings. The fourth-order valence-electron chi connectivity index (χ4n) is 2.47. The Labute approximate surface area is 147 Å². The van der Waals surface area contributed by atoms with Gasteiger partial charge in [-0.05, 0) is 42.0 Å². The fraction of sp³-hybridized carbons (Fsp3) is 0.105. The second kappa shape index (κ2) is 7.35. The lowest BCUT2D eigenvalue weighted by Gasteiger charge is -2.13. The van der Waals surface area contributed by atoms with E-state index >= 15 is 0 Å². The molecule has 4 nitrogen and oxygen atoms in total. The topological polar surface area (TPSA) is 54.9 Å². The largest absolute Gasteiger partial charge is 0.417 e. The van der Waals surface area contributed by atoms with Gasteiger partial charge < -0.3 is 5.32 Å². The van der Waals surface area contributed by atoms with Crippen LogP contribution in [0.4, 0.5) is 13.2 Å².